The molecule has 2 aromatic rings. The Kier molecular flexibility index (Phi) is 4.97. The quantitative estimate of drug-likeness (QED) is 0.900. The van der Waals surface area contributed by atoms with Crippen LogP contribution >= 0.6 is 0 Å². The molecule has 0 spiro atoms. The first-order valence-electron chi connectivity index (χ1n) is 7.45. The van der Waals surface area contributed by atoms with Crippen LogP contribution in [0.5, 0.6) is 11.6 Å². The minimum Gasteiger partial charge on any atom is -0.439 e. The van der Waals surface area contributed by atoms with Gasteiger partial charge in [-0.2, -0.15) is 0 Å². The average Bonchev–Trinajstić information content (AvgIpc) is 2.46. The summed E-state index contributed by atoms with van der Waals surface area (Å²) in [6.45, 7) is 8.33. The zero-order valence-corrected chi connectivity index (χ0v) is 13.3. The molecule has 3 heteroatoms. The fourth-order valence-electron chi connectivity index (χ4n) is 2.26. The molecule has 112 valence electrons. The van der Waals surface area contributed by atoms with Crippen molar-refractivity contribution in [2.45, 2.75) is 46.6 Å². The van der Waals surface area contributed by atoms with Crippen molar-refractivity contribution in [1.29, 1.82) is 0 Å². The van der Waals surface area contributed by atoms with Gasteiger partial charge in [0.2, 0.25) is 5.88 Å². The summed E-state index contributed by atoms with van der Waals surface area (Å²) in [4.78, 5) is 4.38. The van der Waals surface area contributed by atoms with Gasteiger partial charge in [0, 0.05) is 18.3 Å². The molecule has 3 nitrogen and oxygen atoms in total. The van der Waals surface area contributed by atoms with Crippen molar-refractivity contribution < 1.29 is 4.74 Å². The van der Waals surface area contributed by atoms with Crippen LogP contribution in [0.15, 0.2) is 30.5 Å². The van der Waals surface area contributed by atoms with Crippen molar-refractivity contribution >= 4 is 0 Å². The maximum absolute atomic E-state index is 5.96. The maximum atomic E-state index is 5.96. The lowest BCUT2D eigenvalue weighted by Crippen LogP contribution is -2.21. The lowest BCUT2D eigenvalue weighted by atomic mass is 10.1. The highest BCUT2D eigenvalue weighted by Gasteiger charge is 2.07. The first kappa shape index (κ1) is 15.5. The Hall–Kier alpha value is -1.87. The van der Waals surface area contributed by atoms with E-state index in [1.165, 1.54) is 11.1 Å². The lowest BCUT2D eigenvalue weighted by Gasteiger charge is -2.12. The largest absolute Gasteiger partial charge is 0.439 e. The van der Waals surface area contributed by atoms with Crippen molar-refractivity contribution in [2.75, 3.05) is 0 Å². The summed E-state index contributed by atoms with van der Waals surface area (Å²) in [6.07, 6.45) is 3.68. The standard InChI is InChI=1S/C18H24N2O/c1-5-16(19)10-15-6-7-18(20-11-15)21-17-9-12(2)8-13(3)14(17)4/h6-9,11,16H,5,10,19H2,1-4H3. The van der Waals surface area contributed by atoms with Crippen LogP contribution in [0.1, 0.15) is 35.6 Å². The number of pyridine rings is 1. The van der Waals surface area contributed by atoms with Gasteiger partial charge in [-0.05, 0) is 61.9 Å². The van der Waals surface area contributed by atoms with Gasteiger partial charge in [0.05, 0.1) is 0 Å². The monoisotopic (exact) mass is 284 g/mol. The van der Waals surface area contributed by atoms with Crippen LogP contribution < -0.4 is 10.5 Å². The number of ether oxygens (including phenoxy) is 1. The van der Waals surface area contributed by atoms with E-state index >= 15 is 0 Å². The van der Waals surface area contributed by atoms with Gasteiger partial charge in [0.25, 0.3) is 0 Å². The summed E-state index contributed by atoms with van der Waals surface area (Å²) in [6, 6.07) is 8.35. The van der Waals surface area contributed by atoms with Crippen molar-refractivity contribution in [2.24, 2.45) is 5.73 Å². The summed E-state index contributed by atoms with van der Waals surface area (Å²) in [7, 11) is 0. The molecule has 2 rings (SSSR count). The molecule has 1 heterocycles. The molecule has 1 aromatic carbocycles. The second-order valence-corrected chi connectivity index (χ2v) is 5.68. The summed E-state index contributed by atoms with van der Waals surface area (Å²) in [5, 5.41) is 0. The van der Waals surface area contributed by atoms with E-state index in [2.05, 4.69) is 38.7 Å². The summed E-state index contributed by atoms with van der Waals surface area (Å²) < 4.78 is 5.91. The van der Waals surface area contributed by atoms with Crippen molar-refractivity contribution in [1.82, 2.24) is 4.98 Å². The molecule has 0 aliphatic heterocycles. The van der Waals surface area contributed by atoms with Crippen LogP contribution in [-0.2, 0) is 6.42 Å². The van der Waals surface area contributed by atoms with E-state index in [0.717, 1.165) is 29.7 Å². The van der Waals surface area contributed by atoms with E-state index in [4.69, 9.17) is 10.5 Å². The van der Waals surface area contributed by atoms with Gasteiger partial charge < -0.3 is 10.5 Å². The van der Waals surface area contributed by atoms with Gasteiger partial charge in [-0.1, -0.05) is 19.1 Å². The van der Waals surface area contributed by atoms with Crippen molar-refractivity contribution in [3.05, 3.63) is 52.7 Å². The fraction of sp³-hybridized carbons (Fsp3) is 0.389. The Morgan fingerprint density at radius 1 is 1.19 bits per heavy atom. The molecule has 1 aromatic heterocycles. The number of hydrogen-bond donors (Lipinski definition) is 1. The topological polar surface area (TPSA) is 48.1 Å². The number of nitrogens with zero attached hydrogens (tertiary/aromatic N) is 1. The first-order chi connectivity index (χ1) is 9.99. The smallest absolute Gasteiger partial charge is 0.219 e. The van der Waals surface area contributed by atoms with E-state index in [-0.39, 0.29) is 6.04 Å². The second kappa shape index (κ2) is 6.72. The molecule has 0 fully saturated rings. The summed E-state index contributed by atoms with van der Waals surface area (Å²) in [5.41, 5.74) is 10.7. The Morgan fingerprint density at radius 3 is 2.57 bits per heavy atom. The molecule has 0 saturated carbocycles. The molecule has 0 aliphatic rings. The van der Waals surface area contributed by atoms with E-state index in [0.29, 0.717) is 5.88 Å². The van der Waals surface area contributed by atoms with Gasteiger partial charge >= 0.3 is 0 Å². The van der Waals surface area contributed by atoms with Crippen LogP contribution in [-0.4, -0.2) is 11.0 Å². The van der Waals surface area contributed by atoms with Crippen LogP contribution in [0.3, 0.4) is 0 Å². The van der Waals surface area contributed by atoms with Crippen molar-refractivity contribution in [3.8, 4) is 11.6 Å². The van der Waals surface area contributed by atoms with E-state index in [9.17, 15) is 0 Å². The molecule has 2 N–H and O–H groups in total. The number of hydrogen-bond acceptors (Lipinski definition) is 3. The number of aryl methyl sites for hydroxylation is 2. The third-order valence-corrected chi connectivity index (χ3v) is 3.80. The van der Waals surface area contributed by atoms with Crippen LogP contribution in [0.2, 0.25) is 0 Å². The Labute approximate surface area is 127 Å². The molecule has 0 aliphatic carbocycles. The van der Waals surface area contributed by atoms with Crippen LogP contribution in [0.4, 0.5) is 0 Å². The zero-order valence-electron chi connectivity index (χ0n) is 13.3. The minimum atomic E-state index is 0.195. The summed E-state index contributed by atoms with van der Waals surface area (Å²) in [5.74, 6) is 1.50. The molecule has 1 unspecified atom stereocenters. The highest BCUT2D eigenvalue weighted by molar-refractivity contribution is 5.43. The molecule has 0 radical (unpaired) electrons. The lowest BCUT2D eigenvalue weighted by molar-refractivity contribution is 0.458. The average molecular weight is 284 g/mol. The Morgan fingerprint density at radius 2 is 1.95 bits per heavy atom. The molecular formula is C18H24N2O. The fourth-order valence-corrected chi connectivity index (χ4v) is 2.26. The highest BCUT2D eigenvalue weighted by Crippen LogP contribution is 2.27. The molecular weight excluding hydrogens is 260 g/mol. The normalized spacial score (nSPS) is 12.2. The van der Waals surface area contributed by atoms with Crippen LogP contribution in [0.25, 0.3) is 0 Å². The highest BCUT2D eigenvalue weighted by atomic mass is 16.5. The van der Waals surface area contributed by atoms with E-state index < -0.39 is 0 Å². The third kappa shape index (κ3) is 4.05. The summed E-state index contributed by atoms with van der Waals surface area (Å²) >= 11 is 0. The molecule has 1 atom stereocenters. The van der Waals surface area contributed by atoms with Gasteiger partial charge in [-0.25, -0.2) is 4.98 Å². The third-order valence-electron chi connectivity index (χ3n) is 3.80. The number of aromatic nitrogens is 1. The predicted molar refractivity (Wildman–Crippen MR) is 86.9 cm³/mol. The zero-order chi connectivity index (χ0) is 15.4. The SMILES string of the molecule is CCC(N)Cc1ccc(Oc2cc(C)cc(C)c2C)nc1. The number of rotatable bonds is 5. The van der Waals surface area contributed by atoms with Gasteiger partial charge in [0.1, 0.15) is 5.75 Å². The maximum Gasteiger partial charge on any atom is 0.219 e. The van der Waals surface area contributed by atoms with E-state index in [1.807, 2.05) is 24.4 Å². The predicted octanol–water partition coefficient (Wildman–Crippen LogP) is 4.08. The van der Waals surface area contributed by atoms with Gasteiger partial charge in [0.15, 0.2) is 0 Å². The Balaban J connectivity index is 2.14. The molecule has 0 amide bonds. The molecule has 21 heavy (non-hydrogen) atoms. The van der Waals surface area contributed by atoms with Crippen molar-refractivity contribution in [3.63, 3.8) is 0 Å². The first-order valence-corrected chi connectivity index (χ1v) is 7.45. The van der Waals surface area contributed by atoms with Gasteiger partial charge in [-0.15, -0.1) is 0 Å². The minimum absolute atomic E-state index is 0.195. The molecule has 0 bridgehead atoms. The Bertz CT molecular complexity index is 605. The number of nitrogens with two attached hydrogens (primary N) is 1. The second-order valence-electron chi connectivity index (χ2n) is 5.68. The van der Waals surface area contributed by atoms with E-state index in [1.54, 1.807) is 0 Å². The van der Waals surface area contributed by atoms with Crippen LogP contribution in [0, 0.1) is 20.8 Å². The molecule has 0 saturated heterocycles. The number of benzene rings is 1. The van der Waals surface area contributed by atoms with Gasteiger partial charge in [-0.3, -0.25) is 0 Å².